The average molecular weight is 197 g/mol. The van der Waals surface area contributed by atoms with E-state index < -0.39 is 0 Å². The van der Waals surface area contributed by atoms with Gasteiger partial charge in [0.15, 0.2) is 0 Å². The van der Waals surface area contributed by atoms with Gasteiger partial charge in [-0.1, -0.05) is 0 Å². The molecule has 2 saturated heterocycles. The van der Waals surface area contributed by atoms with Crippen LogP contribution in [0.15, 0.2) is 0 Å². The molecule has 0 aromatic rings. The van der Waals surface area contributed by atoms with Gasteiger partial charge < -0.3 is 10.2 Å². The molecule has 2 aliphatic rings. The summed E-state index contributed by atoms with van der Waals surface area (Å²) in [6.07, 6.45) is 2.74. The van der Waals surface area contributed by atoms with Gasteiger partial charge in [0.1, 0.15) is 0 Å². The molecule has 2 fully saturated rings. The molecule has 1 unspecified atom stereocenters. The number of hydrogen-bond acceptors (Lipinski definition) is 3. The first kappa shape index (κ1) is 10.4. The summed E-state index contributed by atoms with van der Waals surface area (Å²) in [5, 5.41) is 3.57. The highest BCUT2D eigenvalue weighted by Gasteiger charge is 2.23. The Bertz CT molecular complexity index is 177. The molecular formula is C11H23N3. The third-order valence-electron chi connectivity index (χ3n) is 3.68. The van der Waals surface area contributed by atoms with Gasteiger partial charge in [-0.25, -0.2) is 0 Å². The van der Waals surface area contributed by atoms with Crippen molar-refractivity contribution in [3.05, 3.63) is 0 Å². The van der Waals surface area contributed by atoms with Crippen LogP contribution in [0.5, 0.6) is 0 Å². The first-order valence-corrected chi connectivity index (χ1v) is 5.91. The highest BCUT2D eigenvalue weighted by atomic mass is 15.3. The Kier molecular flexibility index (Phi) is 3.42. The summed E-state index contributed by atoms with van der Waals surface area (Å²) in [5.74, 6) is 0. The lowest BCUT2D eigenvalue weighted by Crippen LogP contribution is -2.52. The second-order valence-corrected chi connectivity index (χ2v) is 4.88. The third kappa shape index (κ3) is 2.47. The summed E-state index contributed by atoms with van der Waals surface area (Å²) in [6, 6.07) is 1.50. The van der Waals surface area contributed by atoms with E-state index in [2.05, 4.69) is 29.1 Å². The van der Waals surface area contributed by atoms with Gasteiger partial charge in [0.25, 0.3) is 0 Å². The summed E-state index contributed by atoms with van der Waals surface area (Å²) in [6.45, 7) is 8.54. The standard InChI is InChI=1S/C11H23N3/c1-10-8-14(7-6-13(10)2)9-11-4-3-5-12-11/h10-12H,3-9H2,1-2H3/t10?,11-/m1/s1. The van der Waals surface area contributed by atoms with E-state index in [0.717, 1.165) is 12.1 Å². The van der Waals surface area contributed by atoms with Crippen molar-refractivity contribution in [2.45, 2.75) is 31.8 Å². The predicted octanol–water partition coefficient (Wildman–Crippen LogP) is 0.374. The minimum Gasteiger partial charge on any atom is -0.313 e. The van der Waals surface area contributed by atoms with E-state index in [4.69, 9.17) is 0 Å². The number of piperazine rings is 1. The molecule has 2 aliphatic heterocycles. The molecule has 2 rings (SSSR count). The van der Waals surface area contributed by atoms with E-state index >= 15 is 0 Å². The zero-order chi connectivity index (χ0) is 9.97. The molecule has 82 valence electrons. The van der Waals surface area contributed by atoms with Crippen LogP contribution in [-0.2, 0) is 0 Å². The zero-order valence-corrected chi connectivity index (χ0v) is 9.50. The lowest BCUT2D eigenvalue weighted by Gasteiger charge is -2.38. The predicted molar refractivity (Wildman–Crippen MR) is 59.6 cm³/mol. The van der Waals surface area contributed by atoms with Crippen LogP contribution in [0.3, 0.4) is 0 Å². The van der Waals surface area contributed by atoms with Gasteiger partial charge in [0.05, 0.1) is 0 Å². The van der Waals surface area contributed by atoms with Gasteiger partial charge in [-0.15, -0.1) is 0 Å². The summed E-state index contributed by atoms with van der Waals surface area (Å²) >= 11 is 0. The molecule has 2 heterocycles. The maximum Gasteiger partial charge on any atom is 0.0195 e. The maximum absolute atomic E-state index is 3.57. The van der Waals surface area contributed by atoms with E-state index in [1.165, 1.54) is 45.6 Å². The molecule has 3 nitrogen and oxygen atoms in total. The molecule has 0 bridgehead atoms. The van der Waals surface area contributed by atoms with Crippen LogP contribution in [-0.4, -0.2) is 61.7 Å². The SMILES string of the molecule is CC1CN(C[C@H]2CCCN2)CCN1C. The fourth-order valence-corrected chi connectivity index (χ4v) is 2.51. The number of likely N-dealkylation sites (N-methyl/N-ethyl adjacent to an activating group) is 1. The van der Waals surface area contributed by atoms with Gasteiger partial charge in [0, 0.05) is 38.3 Å². The van der Waals surface area contributed by atoms with Crippen LogP contribution in [0.25, 0.3) is 0 Å². The number of hydrogen-bond donors (Lipinski definition) is 1. The minimum atomic E-state index is 0.727. The van der Waals surface area contributed by atoms with Crippen LogP contribution in [0.2, 0.25) is 0 Å². The van der Waals surface area contributed by atoms with E-state index in [0.29, 0.717) is 0 Å². The second-order valence-electron chi connectivity index (χ2n) is 4.88. The minimum absolute atomic E-state index is 0.727. The van der Waals surface area contributed by atoms with Crippen molar-refractivity contribution in [1.82, 2.24) is 15.1 Å². The van der Waals surface area contributed by atoms with E-state index in [1.54, 1.807) is 0 Å². The smallest absolute Gasteiger partial charge is 0.0195 e. The molecule has 0 amide bonds. The van der Waals surface area contributed by atoms with Crippen molar-refractivity contribution in [3.8, 4) is 0 Å². The van der Waals surface area contributed by atoms with Crippen molar-refractivity contribution < 1.29 is 0 Å². The molecule has 0 aromatic heterocycles. The molecule has 0 aromatic carbocycles. The zero-order valence-electron chi connectivity index (χ0n) is 9.50. The van der Waals surface area contributed by atoms with Crippen molar-refractivity contribution in [3.63, 3.8) is 0 Å². The third-order valence-corrected chi connectivity index (χ3v) is 3.68. The molecule has 1 N–H and O–H groups in total. The second kappa shape index (κ2) is 4.60. The number of nitrogens with one attached hydrogen (secondary N) is 1. The molecule has 0 saturated carbocycles. The average Bonchev–Trinajstić information content (AvgIpc) is 2.64. The first-order chi connectivity index (χ1) is 6.75. The van der Waals surface area contributed by atoms with E-state index in [-0.39, 0.29) is 0 Å². The Labute approximate surface area is 87.4 Å². The molecule has 14 heavy (non-hydrogen) atoms. The normalized spacial score (nSPS) is 36.4. The summed E-state index contributed by atoms with van der Waals surface area (Å²) in [7, 11) is 2.23. The molecule has 0 aliphatic carbocycles. The highest BCUT2D eigenvalue weighted by Crippen LogP contribution is 2.11. The summed E-state index contributed by atoms with van der Waals surface area (Å²) < 4.78 is 0. The Morgan fingerprint density at radius 3 is 2.86 bits per heavy atom. The van der Waals surface area contributed by atoms with Crippen LogP contribution >= 0.6 is 0 Å². The largest absolute Gasteiger partial charge is 0.313 e. The van der Waals surface area contributed by atoms with Gasteiger partial charge >= 0.3 is 0 Å². The van der Waals surface area contributed by atoms with Crippen LogP contribution < -0.4 is 5.32 Å². The van der Waals surface area contributed by atoms with Gasteiger partial charge in [-0.3, -0.25) is 4.90 Å². The van der Waals surface area contributed by atoms with Crippen LogP contribution in [0.1, 0.15) is 19.8 Å². The van der Waals surface area contributed by atoms with Crippen LogP contribution in [0.4, 0.5) is 0 Å². The number of rotatable bonds is 2. The van der Waals surface area contributed by atoms with Crippen molar-refractivity contribution in [1.29, 1.82) is 0 Å². The Morgan fingerprint density at radius 1 is 1.36 bits per heavy atom. The summed E-state index contributed by atoms with van der Waals surface area (Å²) in [4.78, 5) is 5.08. The highest BCUT2D eigenvalue weighted by molar-refractivity contribution is 4.82. The Hall–Kier alpha value is -0.120. The fourth-order valence-electron chi connectivity index (χ4n) is 2.51. The van der Waals surface area contributed by atoms with E-state index in [1.807, 2.05) is 0 Å². The van der Waals surface area contributed by atoms with Gasteiger partial charge in [0.2, 0.25) is 0 Å². The molecule has 3 heteroatoms. The van der Waals surface area contributed by atoms with E-state index in [9.17, 15) is 0 Å². The first-order valence-electron chi connectivity index (χ1n) is 5.91. The van der Waals surface area contributed by atoms with Gasteiger partial charge in [-0.05, 0) is 33.4 Å². The molecule has 0 spiro atoms. The molecule has 2 atom stereocenters. The Morgan fingerprint density at radius 2 is 2.21 bits per heavy atom. The quantitative estimate of drug-likeness (QED) is 0.690. The van der Waals surface area contributed by atoms with Gasteiger partial charge in [-0.2, -0.15) is 0 Å². The Balaban J connectivity index is 1.75. The lowest BCUT2D eigenvalue weighted by atomic mass is 10.1. The van der Waals surface area contributed by atoms with Crippen LogP contribution in [0, 0.1) is 0 Å². The lowest BCUT2D eigenvalue weighted by molar-refractivity contribution is 0.0987. The topological polar surface area (TPSA) is 18.5 Å². The molecule has 0 radical (unpaired) electrons. The monoisotopic (exact) mass is 197 g/mol. The summed E-state index contributed by atoms with van der Waals surface area (Å²) in [5.41, 5.74) is 0. The maximum atomic E-state index is 3.57. The van der Waals surface area contributed by atoms with Crippen molar-refractivity contribution in [2.24, 2.45) is 0 Å². The van der Waals surface area contributed by atoms with Crippen molar-refractivity contribution >= 4 is 0 Å². The fraction of sp³-hybridized carbons (Fsp3) is 1.00. The molecular weight excluding hydrogens is 174 g/mol. The number of nitrogens with zero attached hydrogens (tertiary/aromatic N) is 2. The van der Waals surface area contributed by atoms with Crippen molar-refractivity contribution in [2.75, 3.05) is 39.8 Å².